The molecule has 0 bridgehead atoms. The highest BCUT2D eigenvalue weighted by Crippen LogP contribution is 2.25. The van der Waals surface area contributed by atoms with Gasteiger partial charge in [0, 0.05) is 19.1 Å². The summed E-state index contributed by atoms with van der Waals surface area (Å²) in [6.07, 6.45) is 8.22. The molecule has 2 aliphatic rings. The van der Waals surface area contributed by atoms with Crippen LogP contribution in [0.2, 0.25) is 0 Å². The van der Waals surface area contributed by atoms with Crippen LogP contribution in [-0.4, -0.2) is 68.1 Å². The molecule has 2 saturated heterocycles. The number of rotatable bonds is 7. The van der Waals surface area contributed by atoms with Gasteiger partial charge in [-0.3, -0.25) is 9.89 Å². The van der Waals surface area contributed by atoms with Crippen molar-refractivity contribution in [2.24, 2.45) is 4.99 Å². The van der Waals surface area contributed by atoms with Gasteiger partial charge >= 0.3 is 0 Å². The molecule has 0 aliphatic carbocycles. The summed E-state index contributed by atoms with van der Waals surface area (Å²) in [6.45, 7) is 8.15. The monoisotopic (exact) mass is 361 g/mol. The van der Waals surface area contributed by atoms with E-state index in [9.17, 15) is 0 Å². The zero-order valence-electron chi connectivity index (χ0n) is 16.4. The second kappa shape index (κ2) is 9.97. The fourth-order valence-electron chi connectivity index (χ4n) is 4.07. The summed E-state index contributed by atoms with van der Waals surface area (Å²) in [5.41, 5.74) is 0. The van der Waals surface area contributed by atoms with Gasteiger partial charge in [0.15, 0.2) is 5.96 Å². The van der Waals surface area contributed by atoms with Gasteiger partial charge < -0.3 is 20.0 Å². The van der Waals surface area contributed by atoms with E-state index in [0.29, 0.717) is 6.04 Å². The molecule has 2 N–H and O–H groups in total. The van der Waals surface area contributed by atoms with Gasteiger partial charge in [0.25, 0.3) is 0 Å². The number of likely N-dealkylation sites (N-methyl/N-ethyl adjacent to an activating group) is 1. The lowest BCUT2D eigenvalue weighted by Crippen LogP contribution is -2.44. The summed E-state index contributed by atoms with van der Waals surface area (Å²) in [7, 11) is 2.21. The Morgan fingerprint density at radius 2 is 2.08 bits per heavy atom. The Morgan fingerprint density at radius 1 is 1.23 bits per heavy atom. The minimum atomic E-state index is 0.231. The van der Waals surface area contributed by atoms with Crippen LogP contribution >= 0.6 is 0 Å². The van der Waals surface area contributed by atoms with Crippen molar-refractivity contribution in [2.45, 2.75) is 51.1 Å². The van der Waals surface area contributed by atoms with Crippen molar-refractivity contribution in [3.63, 3.8) is 0 Å². The number of nitrogens with zero attached hydrogens (tertiary/aromatic N) is 3. The molecule has 3 heterocycles. The molecule has 1 aromatic heterocycles. The average Bonchev–Trinajstić information content (AvgIpc) is 3.33. The van der Waals surface area contributed by atoms with E-state index < -0.39 is 0 Å². The lowest BCUT2D eigenvalue weighted by Gasteiger charge is -2.32. The van der Waals surface area contributed by atoms with Crippen molar-refractivity contribution >= 4 is 5.96 Å². The van der Waals surface area contributed by atoms with Crippen LogP contribution in [0.25, 0.3) is 0 Å². The molecule has 2 aliphatic heterocycles. The van der Waals surface area contributed by atoms with E-state index in [0.717, 1.165) is 44.4 Å². The van der Waals surface area contributed by atoms with Crippen molar-refractivity contribution < 1.29 is 4.42 Å². The van der Waals surface area contributed by atoms with Gasteiger partial charge in [-0.2, -0.15) is 0 Å². The zero-order chi connectivity index (χ0) is 18.2. The molecule has 1 aromatic rings. The van der Waals surface area contributed by atoms with Gasteiger partial charge in [0.05, 0.1) is 18.8 Å². The van der Waals surface area contributed by atoms with Gasteiger partial charge in [0.1, 0.15) is 5.76 Å². The molecule has 3 rings (SSSR count). The molecule has 2 unspecified atom stereocenters. The highest BCUT2D eigenvalue weighted by molar-refractivity contribution is 5.79. The molecule has 6 heteroatoms. The maximum Gasteiger partial charge on any atom is 0.191 e. The SMILES string of the molecule is CCNC(=NCC(c1ccco1)N1CCCCC1)NCC1CCCN1C. The van der Waals surface area contributed by atoms with Crippen molar-refractivity contribution in [1.29, 1.82) is 0 Å². The Kier molecular flexibility index (Phi) is 7.38. The smallest absolute Gasteiger partial charge is 0.191 e. The second-order valence-electron chi connectivity index (χ2n) is 7.51. The molecule has 0 radical (unpaired) electrons. The Labute approximate surface area is 158 Å². The maximum absolute atomic E-state index is 5.74. The first-order valence-corrected chi connectivity index (χ1v) is 10.3. The highest BCUT2D eigenvalue weighted by atomic mass is 16.3. The molecule has 0 saturated carbocycles. The van der Waals surface area contributed by atoms with E-state index >= 15 is 0 Å². The molecule has 2 atom stereocenters. The largest absolute Gasteiger partial charge is 0.468 e. The lowest BCUT2D eigenvalue weighted by atomic mass is 10.1. The number of piperidine rings is 1. The molecule has 0 amide bonds. The Hall–Kier alpha value is -1.53. The van der Waals surface area contributed by atoms with Crippen molar-refractivity contribution in [3.8, 4) is 0 Å². The Balaban J connectivity index is 1.62. The third-order valence-corrected chi connectivity index (χ3v) is 5.65. The normalized spacial score (nSPS) is 23.9. The maximum atomic E-state index is 5.74. The Morgan fingerprint density at radius 3 is 2.73 bits per heavy atom. The Bertz CT molecular complexity index is 538. The quantitative estimate of drug-likeness (QED) is 0.577. The fraction of sp³-hybridized carbons (Fsp3) is 0.750. The summed E-state index contributed by atoms with van der Waals surface area (Å²) in [5.74, 6) is 1.95. The third-order valence-electron chi connectivity index (χ3n) is 5.65. The van der Waals surface area contributed by atoms with E-state index in [1.807, 2.05) is 6.07 Å². The first kappa shape index (κ1) is 19.2. The van der Waals surface area contributed by atoms with Crippen LogP contribution in [-0.2, 0) is 0 Å². The first-order valence-electron chi connectivity index (χ1n) is 10.3. The number of furan rings is 1. The molecule has 6 nitrogen and oxygen atoms in total. The molecular weight excluding hydrogens is 326 g/mol. The number of aliphatic imine (C=N–C) groups is 1. The van der Waals surface area contributed by atoms with E-state index in [2.05, 4.69) is 40.5 Å². The topological polar surface area (TPSA) is 56.0 Å². The predicted octanol–water partition coefficient (Wildman–Crippen LogP) is 2.46. The predicted molar refractivity (Wildman–Crippen MR) is 107 cm³/mol. The number of guanidine groups is 1. The van der Waals surface area contributed by atoms with Crippen LogP contribution < -0.4 is 10.6 Å². The molecule has 0 aromatic carbocycles. The number of likely N-dealkylation sites (tertiary alicyclic amines) is 2. The minimum absolute atomic E-state index is 0.231. The summed E-state index contributed by atoms with van der Waals surface area (Å²) in [5, 5.41) is 6.94. The van der Waals surface area contributed by atoms with Crippen LogP contribution in [0.15, 0.2) is 27.8 Å². The van der Waals surface area contributed by atoms with Crippen molar-refractivity contribution in [3.05, 3.63) is 24.2 Å². The van der Waals surface area contributed by atoms with Gasteiger partial charge in [-0.05, 0) is 71.4 Å². The molecule has 2 fully saturated rings. The van der Waals surface area contributed by atoms with Gasteiger partial charge in [-0.15, -0.1) is 0 Å². The number of hydrogen-bond donors (Lipinski definition) is 2. The van der Waals surface area contributed by atoms with Crippen molar-refractivity contribution in [2.75, 3.05) is 46.3 Å². The summed E-state index contributed by atoms with van der Waals surface area (Å²) in [6, 6.07) is 4.91. The van der Waals surface area contributed by atoms with Gasteiger partial charge in [0.2, 0.25) is 0 Å². The zero-order valence-corrected chi connectivity index (χ0v) is 16.4. The highest BCUT2D eigenvalue weighted by Gasteiger charge is 2.25. The van der Waals surface area contributed by atoms with Crippen molar-refractivity contribution in [1.82, 2.24) is 20.4 Å². The van der Waals surface area contributed by atoms with Crippen LogP contribution in [0.4, 0.5) is 0 Å². The molecule has 146 valence electrons. The fourth-order valence-corrected chi connectivity index (χ4v) is 4.07. The average molecular weight is 362 g/mol. The first-order chi connectivity index (χ1) is 12.8. The minimum Gasteiger partial charge on any atom is -0.468 e. The molecular formula is C20H35N5O. The molecule has 0 spiro atoms. The van der Waals surface area contributed by atoms with E-state index in [-0.39, 0.29) is 6.04 Å². The summed E-state index contributed by atoms with van der Waals surface area (Å²) < 4.78 is 5.74. The summed E-state index contributed by atoms with van der Waals surface area (Å²) in [4.78, 5) is 9.87. The van der Waals surface area contributed by atoms with Crippen LogP contribution in [0.5, 0.6) is 0 Å². The van der Waals surface area contributed by atoms with E-state index in [1.165, 1.54) is 38.6 Å². The lowest BCUT2D eigenvalue weighted by molar-refractivity contribution is 0.150. The summed E-state index contributed by atoms with van der Waals surface area (Å²) >= 11 is 0. The number of hydrogen-bond acceptors (Lipinski definition) is 4. The standard InChI is InChI=1S/C20H35N5O/c1-3-21-20(22-15-17-9-7-11-24(17)2)23-16-18(19-10-8-14-26-19)25-12-5-4-6-13-25/h8,10,14,17-18H,3-7,9,11-13,15-16H2,1-2H3,(H2,21,22,23). The number of nitrogens with one attached hydrogen (secondary N) is 2. The van der Waals surface area contributed by atoms with Gasteiger partial charge in [-0.1, -0.05) is 6.42 Å². The second-order valence-corrected chi connectivity index (χ2v) is 7.51. The van der Waals surface area contributed by atoms with E-state index in [1.54, 1.807) is 6.26 Å². The molecule has 26 heavy (non-hydrogen) atoms. The van der Waals surface area contributed by atoms with Crippen LogP contribution in [0.3, 0.4) is 0 Å². The van der Waals surface area contributed by atoms with Gasteiger partial charge in [-0.25, -0.2) is 0 Å². The van der Waals surface area contributed by atoms with E-state index in [4.69, 9.17) is 9.41 Å². The third kappa shape index (κ3) is 5.24. The van der Waals surface area contributed by atoms with Crippen LogP contribution in [0.1, 0.15) is 50.8 Å². The van der Waals surface area contributed by atoms with Crippen LogP contribution in [0, 0.1) is 0 Å².